The predicted molar refractivity (Wildman–Crippen MR) is 120 cm³/mol. The van der Waals surface area contributed by atoms with Crippen LogP contribution in [0.4, 0.5) is 0 Å². The zero-order chi connectivity index (χ0) is 22.8. The van der Waals surface area contributed by atoms with Gasteiger partial charge in [0, 0.05) is 11.6 Å². The fraction of sp³-hybridized carbons (Fsp3) is 0.320. The van der Waals surface area contributed by atoms with E-state index < -0.39 is 17.9 Å². The maximum atomic E-state index is 12.6. The van der Waals surface area contributed by atoms with Crippen LogP contribution < -0.4 is 10.1 Å². The molecular formula is C25H29NO5. The van der Waals surface area contributed by atoms with E-state index in [0.717, 1.165) is 28.9 Å². The van der Waals surface area contributed by atoms with E-state index >= 15 is 0 Å². The first-order valence-electron chi connectivity index (χ1n) is 10.3. The molecule has 0 radical (unpaired) electrons. The third-order valence-electron chi connectivity index (χ3n) is 4.86. The summed E-state index contributed by atoms with van der Waals surface area (Å²) in [7, 11) is 1.58. The highest BCUT2D eigenvalue weighted by Gasteiger charge is 2.19. The number of carbonyl (C=O) groups is 3. The summed E-state index contributed by atoms with van der Waals surface area (Å²) in [5.41, 5.74) is 3.37. The van der Waals surface area contributed by atoms with Gasteiger partial charge in [0.25, 0.3) is 0 Å². The van der Waals surface area contributed by atoms with Crippen molar-refractivity contribution in [1.29, 1.82) is 0 Å². The van der Waals surface area contributed by atoms with E-state index in [4.69, 9.17) is 9.47 Å². The molecule has 1 N–H and O–H groups in total. The standard InChI is InChI=1S/C25H29NO5/c1-5-18-7-11-20(6-2)22(15-18)23(27)16-31-25(29)17(3)26-24(28)14-10-19-8-12-21(30-4)13-9-19/h7-15,17H,5-6,16H2,1-4H3,(H,26,28)/b14-10+/t17-/m0/s1. The fourth-order valence-electron chi connectivity index (χ4n) is 2.96. The Balaban J connectivity index is 1.88. The van der Waals surface area contributed by atoms with Crippen molar-refractivity contribution in [2.45, 2.75) is 39.7 Å². The Kier molecular flexibility index (Phi) is 9.00. The number of ketones is 1. The molecule has 2 rings (SSSR count). The van der Waals surface area contributed by atoms with Crippen LogP contribution in [0.25, 0.3) is 6.08 Å². The van der Waals surface area contributed by atoms with Crippen molar-refractivity contribution in [3.8, 4) is 5.75 Å². The van der Waals surface area contributed by atoms with Crippen molar-refractivity contribution in [2.24, 2.45) is 0 Å². The smallest absolute Gasteiger partial charge is 0.328 e. The van der Waals surface area contributed by atoms with E-state index in [1.807, 2.05) is 44.2 Å². The average molecular weight is 424 g/mol. The Labute approximate surface area is 183 Å². The lowest BCUT2D eigenvalue weighted by molar-refractivity contribution is -0.145. The predicted octanol–water partition coefficient (Wildman–Crippen LogP) is 3.76. The lowest BCUT2D eigenvalue weighted by Gasteiger charge is -2.13. The number of Topliss-reactive ketones (excluding diaryl/α,β-unsaturated/α-hetero) is 1. The summed E-state index contributed by atoms with van der Waals surface area (Å²) in [6.07, 6.45) is 4.49. The van der Waals surface area contributed by atoms with Gasteiger partial charge in [-0.3, -0.25) is 9.59 Å². The van der Waals surface area contributed by atoms with Gasteiger partial charge in [-0.1, -0.05) is 38.1 Å². The molecule has 1 amide bonds. The van der Waals surface area contributed by atoms with Gasteiger partial charge >= 0.3 is 5.97 Å². The quantitative estimate of drug-likeness (QED) is 0.357. The zero-order valence-electron chi connectivity index (χ0n) is 18.4. The maximum absolute atomic E-state index is 12.6. The summed E-state index contributed by atoms with van der Waals surface area (Å²) >= 11 is 0. The number of carbonyl (C=O) groups excluding carboxylic acids is 3. The second-order valence-electron chi connectivity index (χ2n) is 7.07. The number of rotatable bonds is 10. The van der Waals surface area contributed by atoms with Gasteiger partial charge in [0.05, 0.1) is 7.11 Å². The Bertz CT molecular complexity index is 947. The van der Waals surface area contributed by atoms with Crippen molar-refractivity contribution < 1.29 is 23.9 Å². The normalized spacial score (nSPS) is 11.7. The third-order valence-corrected chi connectivity index (χ3v) is 4.86. The number of hydrogen-bond donors (Lipinski definition) is 1. The highest BCUT2D eigenvalue weighted by molar-refractivity contribution is 6.00. The Morgan fingerprint density at radius 1 is 1.03 bits per heavy atom. The zero-order valence-corrected chi connectivity index (χ0v) is 18.4. The minimum absolute atomic E-state index is 0.251. The first-order chi connectivity index (χ1) is 14.9. The molecule has 0 aliphatic heterocycles. The highest BCUT2D eigenvalue weighted by atomic mass is 16.5. The molecule has 31 heavy (non-hydrogen) atoms. The molecule has 0 fully saturated rings. The fourth-order valence-corrected chi connectivity index (χ4v) is 2.96. The Hall–Kier alpha value is -3.41. The number of benzene rings is 2. The summed E-state index contributed by atoms with van der Waals surface area (Å²) in [4.78, 5) is 36.8. The van der Waals surface area contributed by atoms with Gasteiger partial charge in [0.1, 0.15) is 11.8 Å². The second kappa shape index (κ2) is 11.7. The molecule has 1 atom stereocenters. The van der Waals surface area contributed by atoms with E-state index in [1.165, 1.54) is 13.0 Å². The number of hydrogen-bond acceptors (Lipinski definition) is 5. The number of nitrogens with one attached hydrogen (secondary N) is 1. The van der Waals surface area contributed by atoms with Gasteiger partial charge in [-0.25, -0.2) is 4.79 Å². The van der Waals surface area contributed by atoms with Gasteiger partial charge < -0.3 is 14.8 Å². The van der Waals surface area contributed by atoms with Gasteiger partial charge in [-0.2, -0.15) is 0 Å². The van der Waals surface area contributed by atoms with E-state index in [0.29, 0.717) is 12.0 Å². The van der Waals surface area contributed by atoms with Gasteiger partial charge in [-0.15, -0.1) is 0 Å². The molecular weight excluding hydrogens is 394 g/mol. The number of aryl methyl sites for hydroxylation is 2. The molecule has 6 heteroatoms. The van der Waals surface area contributed by atoms with Crippen LogP contribution in [0, 0.1) is 0 Å². The average Bonchev–Trinajstić information content (AvgIpc) is 2.80. The number of ether oxygens (including phenoxy) is 2. The van der Waals surface area contributed by atoms with E-state index in [9.17, 15) is 14.4 Å². The molecule has 0 aromatic heterocycles. The molecule has 164 valence electrons. The van der Waals surface area contributed by atoms with Crippen molar-refractivity contribution in [3.05, 3.63) is 70.8 Å². The minimum Gasteiger partial charge on any atom is -0.497 e. The van der Waals surface area contributed by atoms with E-state index in [-0.39, 0.29) is 12.4 Å². The molecule has 6 nitrogen and oxygen atoms in total. The summed E-state index contributed by atoms with van der Waals surface area (Å²) in [6, 6.07) is 12.1. The Morgan fingerprint density at radius 2 is 1.74 bits per heavy atom. The largest absolute Gasteiger partial charge is 0.497 e. The number of esters is 1. The van der Waals surface area contributed by atoms with E-state index in [2.05, 4.69) is 5.32 Å². The molecule has 0 aliphatic carbocycles. The number of amides is 1. The molecule has 0 bridgehead atoms. The molecule has 0 saturated heterocycles. The van der Waals surface area contributed by atoms with Crippen LogP contribution in [0.1, 0.15) is 47.8 Å². The lowest BCUT2D eigenvalue weighted by Crippen LogP contribution is -2.39. The number of methoxy groups -OCH3 is 1. The monoisotopic (exact) mass is 423 g/mol. The summed E-state index contributed by atoms with van der Waals surface area (Å²) in [5, 5.41) is 2.54. The highest BCUT2D eigenvalue weighted by Crippen LogP contribution is 2.15. The van der Waals surface area contributed by atoms with Gasteiger partial charge in [0.2, 0.25) is 11.7 Å². The minimum atomic E-state index is -0.881. The van der Waals surface area contributed by atoms with Gasteiger partial charge in [-0.05, 0) is 60.7 Å². The molecule has 0 heterocycles. The van der Waals surface area contributed by atoms with Crippen LogP contribution in [0.3, 0.4) is 0 Å². The molecule has 0 unspecified atom stereocenters. The topological polar surface area (TPSA) is 81.7 Å². The van der Waals surface area contributed by atoms with Crippen LogP contribution in [0.2, 0.25) is 0 Å². The van der Waals surface area contributed by atoms with Crippen LogP contribution in [-0.4, -0.2) is 37.4 Å². The SMILES string of the molecule is CCc1ccc(CC)c(C(=O)COC(=O)[C@H](C)NC(=O)/C=C/c2ccc(OC)cc2)c1. The third kappa shape index (κ3) is 7.10. The van der Waals surface area contributed by atoms with Crippen LogP contribution in [0.15, 0.2) is 48.5 Å². The van der Waals surface area contributed by atoms with Crippen LogP contribution in [0.5, 0.6) is 5.75 Å². The van der Waals surface area contributed by atoms with Crippen molar-refractivity contribution in [1.82, 2.24) is 5.32 Å². The molecule has 0 saturated carbocycles. The first kappa shape index (κ1) is 23.9. The van der Waals surface area contributed by atoms with Crippen molar-refractivity contribution in [2.75, 3.05) is 13.7 Å². The molecule has 2 aromatic carbocycles. The van der Waals surface area contributed by atoms with Crippen LogP contribution >= 0.6 is 0 Å². The van der Waals surface area contributed by atoms with Crippen LogP contribution in [-0.2, 0) is 27.2 Å². The summed E-state index contributed by atoms with van der Waals surface area (Å²) < 4.78 is 10.2. The van der Waals surface area contributed by atoms with E-state index in [1.54, 1.807) is 25.3 Å². The Morgan fingerprint density at radius 3 is 2.35 bits per heavy atom. The van der Waals surface area contributed by atoms with Crippen molar-refractivity contribution >= 4 is 23.7 Å². The summed E-state index contributed by atoms with van der Waals surface area (Å²) in [5.74, 6) is -0.627. The molecule has 0 aliphatic rings. The first-order valence-corrected chi connectivity index (χ1v) is 10.3. The maximum Gasteiger partial charge on any atom is 0.328 e. The molecule has 2 aromatic rings. The second-order valence-corrected chi connectivity index (χ2v) is 7.07. The van der Waals surface area contributed by atoms with Gasteiger partial charge in [0.15, 0.2) is 6.61 Å². The van der Waals surface area contributed by atoms with Crippen molar-refractivity contribution in [3.63, 3.8) is 0 Å². The molecule has 0 spiro atoms. The lowest BCUT2D eigenvalue weighted by atomic mass is 9.98. The summed E-state index contributed by atoms with van der Waals surface area (Å²) in [6.45, 7) is 5.14.